The Labute approximate surface area is 139 Å². The van der Waals surface area contributed by atoms with Crippen LogP contribution in [0, 0.1) is 0 Å². The van der Waals surface area contributed by atoms with Crippen molar-refractivity contribution in [3.05, 3.63) is 70.7 Å². The lowest BCUT2D eigenvalue weighted by atomic mass is 10.1. The number of rotatable bonds is 6. The largest absolute Gasteiger partial charge is 0.483 e. The highest BCUT2D eigenvalue weighted by molar-refractivity contribution is 6.35. The van der Waals surface area contributed by atoms with E-state index in [4.69, 9.17) is 27.9 Å². The highest BCUT2D eigenvalue weighted by Crippen LogP contribution is 2.25. The van der Waals surface area contributed by atoms with E-state index in [9.17, 15) is 4.79 Å². The Balaban J connectivity index is 1.98. The van der Waals surface area contributed by atoms with Crippen molar-refractivity contribution in [1.29, 1.82) is 0 Å². The van der Waals surface area contributed by atoms with E-state index in [1.165, 1.54) is 0 Å². The van der Waals surface area contributed by atoms with Crippen LogP contribution in [-0.4, -0.2) is 12.5 Å². The van der Waals surface area contributed by atoms with E-state index in [0.717, 1.165) is 5.56 Å². The summed E-state index contributed by atoms with van der Waals surface area (Å²) in [5, 5.41) is 3.59. The van der Waals surface area contributed by atoms with Gasteiger partial charge in [-0.3, -0.25) is 4.79 Å². The van der Waals surface area contributed by atoms with Gasteiger partial charge < -0.3 is 10.1 Å². The predicted octanol–water partition coefficient (Wildman–Crippen LogP) is 4.74. The first-order valence-corrected chi connectivity index (χ1v) is 7.42. The van der Waals surface area contributed by atoms with Gasteiger partial charge in [-0.1, -0.05) is 47.5 Å². The maximum Gasteiger partial charge on any atom is 0.262 e. The zero-order chi connectivity index (χ0) is 15.9. The molecule has 0 atom stereocenters. The number of ether oxygens (including phenoxy) is 1. The molecule has 2 aromatic rings. The second-order valence-electron chi connectivity index (χ2n) is 4.56. The van der Waals surface area contributed by atoms with Crippen LogP contribution in [0.1, 0.15) is 5.56 Å². The molecule has 2 rings (SSSR count). The van der Waals surface area contributed by atoms with E-state index >= 15 is 0 Å². The van der Waals surface area contributed by atoms with Crippen LogP contribution in [0.5, 0.6) is 5.75 Å². The summed E-state index contributed by atoms with van der Waals surface area (Å²) in [7, 11) is 0. The first kappa shape index (κ1) is 16.4. The standard InChI is InChI=1S/C17H15Cl2NO2/c1-2-5-12-6-3-4-7-16(12)22-11-17(21)20-15-10-13(18)8-9-14(15)19/h2-4,6-10H,1,5,11H2,(H,20,21). The number of para-hydroxylation sites is 1. The molecule has 0 spiro atoms. The highest BCUT2D eigenvalue weighted by atomic mass is 35.5. The molecule has 5 heteroatoms. The second-order valence-corrected chi connectivity index (χ2v) is 5.41. The van der Waals surface area contributed by atoms with Crippen LogP contribution in [0.25, 0.3) is 0 Å². The van der Waals surface area contributed by atoms with Crippen LogP contribution in [-0.2, 0) is 11.2 Å². The number of amides is 1. The van der Waals surface area contributed by atoms with Gasteiger partial charge in [0.2, 0.25) is 0 Å². The SMILES string of the molecule is C=CCc1ccccc1OCC(=O)Nc1cc(Cl)ccc1Cl. The van der Waals surface area contributed by atoms with Gasteiger partial charge >= 0.3 is 0 Å². The summed E-state index contributed by atoms with van der Waals surface area (Å²) in [6.07, 6.45) is 2.46. The van der Waals surface area contributed by atoms with Gasteiger partial charge in [-0.05, 0) is 36.2 Å². The molecule has 0 aromatic heterocycles. The highest BCUT2D eigenvalue weighted by Gasteiger charge is 2.09. The third-order valence-electron chi connectivity index (χ3n) is 2.90. The molecule has 0 saturated carbocycles. The van der Waals surface area contributed by atoms with E-state index in [1.54, 1.807) is 24.3 Å². The Kier molecular flexibility index (Phi) is 5.87. The van der Waals surface area contributed by atoms with Crippen LogP contribution in [0.15, 0.2) is 55.1 Å². The summed E-state index contributed by atoms with van der Waals surface area (Å²) >= 11 is 11.9. The van der Waals surface area contributed by atoms with E-state index < -0.39 is 0 Å². The van der Waals surface area contributed by atoms with Gasteiger partial charge in [0.05, 0.1) is 10.7 Å². The minimum Gasteiger partial charge on any atom is -0.483 e. The van der Waals surface area contributed by atoms with Crippen LogP contribution >= 0.6 is 23.2 Å². The average Bonchev–Trinajstić information content (AvgIpc) is 2.50. The summed E-state index contributed by atoms with van der Waals surface area (Å²) in [6, 6.07) is 12.4. The van der Waals surface area contributed by atoms with E-state index in [1.807, 2.05) is 24.3 Å². The Bertz CT molecular complexity index is 686. The lowest BCUT2D eigenvalue weighted by Gasteiger charge is -2.11. The monoisotopic (exact) mass is 335 g/mol. The van der Waals surface area contributed by atoms with Crippen LogP contribution in [0.2, 0.25) is 10.0 Å². The predicted molar refractivity (Wildman–Crippen MR) is 90.9 cm³/mol. The molecule has 1 N–H and O–H groups in total. The Morgan fingerprint density at radius 3 is 2.77 bits per heavy atom. The maximum atomic E-state index is 12.0. The summed E-state index contributed by atoms with van der Waals surface area (Å²) in [4.78, 5) is 12.0. The van der Waals surface area contributed by atoms with Crippen molar-refractivity contribution in [1.82, 2.24) is 0 Å². The zero-order valence-corrected chi connectivity index (χ0v) is 13.3. The van der Waals surface area contributed by atoms with Gasteiger partial charge in [0, 0.05) is 5.02 Å². The summed E-state index contributed by atoms with van der Waals surface area (Å²) < 4.78 is 5.56. The fourth-order valence-corrected chi connectivity index (χ4v) is 2.23. The molecule has 0 radical (unpaired) electrons. The fourth-order valence-electron chi connectivity index (χ4n) is 1.89. The molecule has 0 aliphatic carbocycles. The van der Waals surface area contributed by atoms with Crippen molar-refractivity contribution in [3.63, 3.8) is 0 Å². The van der Waals surface area contributed by atoms with Gasteiger partial charge in [0.25, 0.3) is 5.91 Å². The van der Waals surface area contributed by atoms with E-state index in [-0.39, 0.29) is 12.5 Å². The Morgan fingerprint density at radius 1 is 1.23 bits per heavy atom. The van der Waals surface area contributed by atoms with Gasteiger partial charge in [-0.2, -0.15) is 0 Å². The fraction of sp³-hybridized carbons (Fsp3) is 0.118. The number of hydrogen-bond donors (Lipinski definition) is 1. The summed E-state index contributed by atoms with van der Waals surface area (Å²) in [6.45, 7) is 3.59. The smallest absolute Gasteiger partial charge is 0.262 e. The number of halogens is 2. The number of allylic oxidation sites excluding steroid dienone is 1. The average molecular weight is 336 g/mol. The molecule has 1 amide bonds. The molecule has 3 nitrogen and oxygen atoms in total. The summed E-state index contributed by atoms with van der Waals surface area (Å²) in [5.74, 6) is 0.354. The maximum absolute atomic E-state index is 12.0. The number of hydrogen-bond acceptors (Lipinski definition) is 2. The van der Waals surface area contributed by atoms with Crippen molar-refractivity contribution >= 4 is 34.8 Å². The molecule has 0 bridgehead atoms. The minimum absolute atomic E-state index is 0.114. The van der Waals surface area contributed by atoms with E-state index in [2.05, 4.69) is 11.9 Å². The lowest BCUT2D eigenvalue weighted by molar-refractivity contribution is -0.118. The van der Waals surface area contributed by atoms with Gasteiger partial charge in [-0.25, -0.2) is 0 Å². The van der Waals surface area contributed by atoms with Gasteiger partial charge in [-0.15, -0.1) is 6.58 Å². The minimum atomic E-state index is -0.308. The number of carbonyl (C=O) groups is 1. The molecular weight excluding hydrogens is 321 g/mol. The van der Waals surface area contributed by atoms with Gasteiger partial charge in [0.15, 0.2) is 6.61 Å². The van der Waals surface area contributed by atoms with Crippen molar-refractivity contribution in [2.24, 2.45) is 0 Å². The molecule has 0 aliphatic heterocycles. The summed E-state index contributed by atoms with van der Waals surface area (Å²) in [5.41, 5.74) is 1.44. The molecule has 0 heterocycles. The van der Waals surface area contributed by atoms with Gasteiger partial charge in [0.1, 0.15) is 5.75 Å². The second kappa shape index (κ2) is 7.87. The molecule has 0 saturated heterocycles. The van der Waals surface area contributed by atoms with Crippen molar-refractivity contribution in [3.8, 4) is 5.75 Å². The number of nitrogens with one attached hydrogen (secondary N) is 1. The molecule has 114 valence electrons. The molecule has 22 heavy (non-hydrogen) atoms. The Morgan fingerprint density at radius 2 is 2.00 bits per heavy atom. The topological polar surface area (TPSA) is 38.3 Å². The molecule has 2 aromatic carbocycles. The third-order valence-corrected chi connectivity index (χ3v) is 3.46. The van der Waals surface area contributed by atoms with Crippen molar-refractivity contribution < 1.29 is 9.53 Å². The first-order valence-electron chi connectivity index (χ1n) is 6.66. The third kappa shape index (κ3) is 4.52. The van der Waals surface area contributed by atoms with Crippen LogP contribution < -0.4 is 10.1 Å². The first-order chi connectivity index (χ1) is 10.6. The molecular formula is C17H15Cl2NO2. The molecule has 0 unspecified atom stereocenters. The van der Waals surface area contributed by atoms with Crippen LogP contribution in [0.3, 0.4) is 0 Å². The van der Waals surface area contributed by atoms with Crippen molar-refractivity contribution in [2.75, 3.05) is 11.9 Å². The van der Waals surface area contributed by atoms with Crippen LogP contribution in [0.4, 0.5) is 5.69 Å². The normalized spacial score (nSPS) is 10.1. The van der Waals surface area contributed by atoms with Crippen molar-refractivity contribution in [2.45, 2.75) is 6.42 Å². The molecule has 0 fully saturated rings. The zero-order valence-electron chi connectivity index (χ0n) is 11.8. The number of carbonyl (C=O) groups excluding carboxylic acids is 1. The van der Waals surface area contributed by atoms with E-state index in [0.29, 0.717) is 27.9 Å². The lowest BCUT2D eigenvalue weighted by Crippen LogP contribution is -2.20. The quantitative estimate of drug-likeness (QED) is 0.774. The number of anilines is 1. The number of benzene rings is 2. The molecule has 0 aliphatic rings. The Hall–Kier alpha value is -1.97.